The summed E-state index contributed by atoms with van der Waals surface area (Å²) in [5, 5.41) is 0. The van der Waals surface area contributed by atoms with E-state index in [0.29, 0.717) is 19.3 Å². The molecule has 0 aliphatic heterocycles. The van der Waals surface area contributed by atoms with Gasteiger partial charge >= 0.3 is 0 Å². The number of hydrogen-bond donors (Lipinski definition) is 0. The molecule has 1 aliphatic carbocycles. The van der Waals surface area contributed by atoms with Gasteiger partial charge in [-0.15, -0.1) is 11.3 Å². The van der Waals surface area contributed by atoms with Crippen LogP contribution < -0.4 is 0 Å². The standard InChI is InChI=1S/C20H24N2OS.C8H18/c1-3-18-11-12-19(24-18)15(2)21-20(22-17-9-10-17)14-23-13-16-7-5-4-6-8-16;1-3-5-7-8-6-4-2/h4-8,11-12,17H,3,9-10,13-14H2,1-2H3;3-8H2,1-2H3. The van der Waals surface area contributed by atoms with E-state index in [9.17, 15) is 0 Å². The van der Waals surface area contributed by atoms with Crippen LogP contribution in [0.15, 0.2) is 52.4 Å². The summed E-state index contributed by atoms with van der Waals surface area (Å²) in [6.45, 7) is 9.81. The van der Waals surface area contributed by atoms with E-state index in [1.165, 1.54) is 66.7 Å². The minimum atomic E-state index is 0.450. The van der Waals surface area contributed by atoms with Crippen LogP contribution in [0.2, 0.25) is 0 Å². The Labute approximate surface area is 200 Å². The van der Waals surface area contributed by atoms with Gasteiger partial charge in [-0.1, -0.05) is 89.6 Å². The summed E-state index contributed by atoms with van der Waals surface area (Å²) in [7, 11) is 0. The molecular weight excluding hydrogens is 412 g/mol. The molecule has 3 nitrogen and oxygen atoms in total. The zero-order valence-electron chi connectivity index (χ0n) is 20.6. The van der Waals surface area contributed by atoms with Gasteiger partial charge in [0.1, 0.15) is 12.4 Å². The summed E-state index contributed by atoms with van der Waals surface area (Å²) in [5.74, 6) is 0.817. The third-order valence-electron chi connectivity index (χ3n) is 5.34. The van der Waals surface area contributed by atoms with Crippen molar-refractivity contribution in [1.82, 2.24) is 0 Å². The summed E-state index contributed by atoms with van der Waals surface area (Å²) in [6, 6.07) is 15.0. The van der Waals surface area contributed by atoms with E-state index in [0.717, 1.165) is 18.0 Å². The van der Waals surface area contributed by atoms with Crippen LogP contribution in [0, 0.1) is 0 Å². The second-order valence-electron chi connectivity index (χ2n) is 8.49. The second-order valence-corrected chi connectivity index (χ2v) is 9.65. The lowest BCUT2D eigenvalue weighted by Crippen LogP contribution is -2.10. The highest BCUT2D eigenvalue weighted by Gasteiger charge is 2.21. The van der Waals surface area contributed by atoms with Gasteiger partial charge in [0, 0.05) is 9.75 Å². The van der Waals surface area contributed by atoms with E-state index in [2.05, 4.69) is 52.0 Å². The Hall–Kier alpha value is -1.78. The Kier molecular flexibility index (Phi) is 13.2. The van der Waals surface area contributed by atoms with Crippen LogP contribution in [0.5, 0.6) is 0 Å². The molecule has 0 radical (unpaired) electrons. The number of benzene rings is 1. The lowest BCUT2D eigenvalue weighted by molar-refractivity contribution is 0.157. The molecule has 32 heavy (non-hydrogen) atoms. The van der Waals surface area contributed by atoms with Crippen LogP contribution in [0.4, 0.5) is 0 Å². The Bertz CT molecular complexity index is 800. The van der Waals surface area contributed by atoms with Gasteiger partial charge in [0.2, 0.25) is 0 Å². The van der Waals surface area contributed by atoms with Gasteiger partial charge in [0.15, 0.2) is 0 Å². The molecule has 1 fully saturated rings. The summed E-state index contributed by atoms with van der Waals surface area (Å²) in [4.78, 5) is 12.1. The predicted molar refractivity (Wildman–Crippen MR) is 142 cm³/mol. The maximum Gasteiger partial charge on any atom is 0.149 e. The summed E-state index contributed by atoms with van der Waals surface area (Å²) < 4.78 is 5.84. The van der Waals surface area contributed by atoms with E-state index in [4.69, 9.17) is 14.7 Å². The topological polar surface area (TPSA) is 34.0 Å². The molecule has 0 atom stereocenters. The Balaban J connectivity index is 0.000000390. The number of amidine groups is 1. The van der Waals surface area contributed by atoms with Crippen molar-refractivity contribution in [2.75, 3.05) is 6.61 Å². The first-order valence-corrected chi connectivity index (χ1v) is 13.3. The first kappa shape index (κ1) is 26.5. The fourth-order valence-electron chi connectivity index (χ4n) is 3.21. The van der Waals surface area contributed by atoms with Gasteiger partial charge in [-0.05, 0) is 43.9 Å². The number of aliphatic imine (C=N–C) groups is 2. The number of hydrogen-bond acceptors (Lipinski definition) is 3. The monoisotopic (exact) mass is 454 g/mol. The minimum Gasteiger partial charge on any atom is -0.369 e. The normalized spacial score (nSPS) is 14.2. The number of nitrogens with zero attached hydrogens (tertiary/aromatic N) is 2. The van der Waals surface area contributed by atoms with Crippen molar-refractivity contribution < 1.29 is 4.74 Å². The SMILES string of the molecule is CCCCCCCC.CCc1ccc(C(C)=NC(COCc2ccccc2)=NC2CC2)s1. The fourth-order valence-corrected chi connectivity index (χ4v) is 4.10. The van der Waals surface area contributed by atoms with Crippen molar-refractivity contribution in [2.45, 2.75) is 98.1 Å². The Morgan fingerprint density at radius 1 is 0.938 bits per heavy atom. The first-order valence-electron chi connectivity index (χ1n) is 12.5. The maximum atomic E-state index is 5.84. The molecule has 1 heterocycles. The number of rotatable bonds is 12. The quantitative estimate of drug-likeness (QED) is 0.180. The molecule has 0 spiro atoms. The third-order valence-corrected chi connectivity index (χ3v) is 6.68. The van der Waals surface area contributed by atoms with E-state index in [1.54, 1.807) is 0 Å². The van der Waals surface area contributed by atoms with Gasteiger partial charge in [-0.3, -0.25) is 4.99 Å². The number of unbranched alkanes of at least 4 members (excludes halogenated alkanes) is 5. The summed E-state index contributed by atoms with van der Waals surface area (Å²) >= 11 is 1.81. The summed E-state index contributed by atoms with van der Waals surface area (Å²) in [6.07, 6.45) is 11.9. The Morgan fingerprint density at radius 2 is 1.62 bits per heavy atom. The molecule has 0 amide bonds. The van der Waals surface area contributed by atoms with Crippen molar-refractivity contribution in [3.63, 3.8) is 0 Å². The van der Waals surface area contributed by atoms with Crippen molar-refractivity contribution in [3.05, 3.63) is 57.8 Å². The highest BCUT2D eigenvalue weighted by atomic mass is 32.1. The lowest BCUT2D eigenvalue weighted by atomic mass is 10.1. The van der Waals surface area contributed by atoms with E-state index in [-0.39, 0.29) is 0 Å². The number of aryl methyl sites for hydroxylation is 1. The molecule has 4 heteroatoms. The van der Waals surface area contributed by atoms with E-state index < -0.39 is 0 Å². The van der Waals surface area contributed by atoms with Crippen molar-refractivity contribution >= 4 is 22.9 Å². The predicted octanol–water partition coefficient (Wildman–Crippen LogP) is 8.26. The molecule has 0 unspecified atom stereocenters. The van der Waals surface area contributed by atoms with Crippen LogP contribution in [0.25, 0.3) is 0 Å². The average molecular weight is 455 g/mol. The zero-order valence-corrected chi connectivity index (χ0v) is 21.4. The molecule has 1 aliphatic rings. The fraction of sp³-hybridized carbons (Fsp3) is 0.571. The van der Waals surface area contributed by atoms with Crippen molar-refractivity contribution in [1.29, 1.82) is 0 Å². The molecule has 0 saturated heterocycles. The number of ether oxygens (including phenoxy) is 1. The van der Waals surface area contributed by atoms with E-state index in [1.807, 2.05) is 29.5 Å². The van der Waals surface area contributed by atoms with Crippen LogP contribution >= 0.6 is 11.3 Å². The highest BCUT2D eigenvalue weighted by molar-refractivity contribution is 7.14. The van der Waals surface area contributed by atoms with Gasteiger partial charge < -0.3 is 4.74 Å². The Morgan fingerprint density at radius 3 is 2.19 bits per heavy atom. The summed E-state index contributed by atoms with van der Waals surface area (Å²) in [5.41, 5.74) is 2.21. The van der Waals surface area contributed by atoms with Crippen molar-refractivity contribution in [2.24, 2.45) is 9.98 Å². The minimum absolute atomic E-state index is 0.450. The maximum absolute atomic E-state index is 5.84. The van der Waals surface area contributed by atoms with Crippen molar-refractivity contribution in [3.8, 4) is 0 Å². The first-order chi connectivity index (χ1) is 15.7. The van der Waals surface area contributed by atoms with Gasteiger partial charge in [0.25, 0.3) is 0 Å². The molecule has 1 aromatic heterocycles. The smallest absolute Gasteiger partial charge is 0.149 e. The molecule has 0 N–H and O–H groups in total. The third kappa shape index (κ3) is 11.2. The van der Waals surface area contributed by atoms with Crippen LogP contribution in [-0.2, 0) is 17.8 Å². The van der Waals surface area contributed by atoms with E-state index >= 15 is 0 Å². The molecule has 2 aromatic rings. The second kappa shape index (κ2) is 15.9. The molecule has 1 aromatic carbocycles. The molecule has 3 rings (SSSR count). The zero-order chi connectivity index (χ0) is 23.0. The molecule has 176 valence electrons. The molecular formula is C28H42N2OS. The van der Waals surface area contributed by atoms with Gasteiger partial charge in [-0.2, -0.15) is 0 Å². The number of thiophene rings is 1. The highest BCUT2D eigenvalue weighted by Crippen LogP contribution is 2.24. The van der Waals surface area contributed by atoms with Crippen LogP contribution in [0.3, 0.4) is 0 Å². The van der Waals surface area contributed by atoms with Gasteiger partial charge in [-0.25, -0.2) is 4.99 Å². The van der Waals surface area contributed by atoms with Crippen LogP contribution in [0.1, 0.15) is 94.4 Å². The van der Waals surface area contributed by atoms with Gasteiger partial charge in [0.05, 0.1) is 18.4 Å². The largest absolute Gasteiger partial charge is 0.369 e. The van der Waals surface area contributed by atoms with Crippen LogP contribution in [-0.4, -0.2) is 24.2 Å². The molecule has 0 bridgehead atoms. The average Bonchev–Trinajstić information content (AvgIpc) is 3.49. The lowest BCUT2D eigenvalue weighted by Gasteiger charge is -2.06. The molecule has 1 saturated carbocycles.